The Hall–Kier alpha value is -2.84. The molecule has 0 spiro atoms. The number of likely N-dealkylation sites (tertiary alicyclic amines) is 1. The zero-order chi connectivity index (χ0) is 22.2. The molecule has 2 aliphatic rings. The first kappa shape index (κ1) is 21.4. The highest BCUT2D eigenvalue weighted by Crippen LogP contribution is 2.33. The number of hydrogen-bond donors (Lipinski definition) is 1. The summed E-state index contributed by atoms with van der Waals surface area (Å²) in [5.41, 5.74) is 0.790. The third-order valence-electron chi connectivity index (χ3n) is 5.80. The molecule has 1 saturated heterocycles. The van der Waals surface area contributed by atoms with Crippen molar-refractivity contribution in [3.05, 3.63) is 81.6 Å². The van der Waals surface area contributed by atoms with Crippen molar-refractivity contribution in [2.45, 2.75) is 26.3 Å². The van der Waals surface area contributed by atoms with Crippen LogP contribution in [0.5, 0.6) is 0 Å². The number of carbonyl (C=O) groups is 2. The minimum atomic E-state index is -4.30. The first-order chi connectivity index (χ1) is 14.8. The Morgan fingerprint density at radius 1 is 0.968 bits per heavy atom. The first-order valence-electron chi connectivity index (χ1n) is 10.2. The second kappa shape index (κ2) is 8.36. The lowest BCUT2D eigenvalue weighted by Gasteiger charge is -2.35. The molecule has 1 heterocycles. The molecule has 2 aromatic rings. The predicted molar refractivity (Wildman–Crippen MR) is 114 cm³/mol. The van der Waals surface area contributed by atoms with E-state index in [9.17, 15) is 22.4 Å². The van der Waals surface area contributed by atoms with Gasteiger partial charge >= 0.3 is 0 Å². The van der Waals surface area contributed by atoms with Crippen molar-refractivity contribution >= 4 is 21.6 Å². The molecular formula is C23H23FN2O4S. The number of nitrogens with zero attached hydrogens (tertiary/aromatic N) is 1. The summed E-state index contributed by atoms with van der Waals surface area (Å²) in [6.07, 6.45) is 1.62. The van der Waals surface area contributed by atoms with Gasteiger partial charge in [-0.1, -0.05) is 43.3 Å². The van der Waals surface area contributed by atoms with E-state index < -0.39 is 32.3 Å². The molecule has 0 amide bonds. The zero-order valence-electron chi connectivity index (χ0n) is 17.1. The summed E-state index contributed by atoms with van der Waals surface area (Å²) in [5, 5.41) is 0. The molecule has 0 aromatic heterocycles. The van der Waals surface area contributed by atoms with Crippen LogP contribution in [0.15, 0.2) is 59.1 Å². The second-order valence-corrected chi connectivity index (χ2v) is 9.71. The van der Waals surface area contributed by atoms with E-state index in [-0.39, 0.29) is 23.4 Å². The van der Waals surface area contributed by atoms with Crippen LogP contribution in [-0.4, -0.2) is 38.0 Å². The number of sulfonamides is 1. The third kappa shape index (κ3) is 4.18. The van der Waals surface area contributed by atoms with Crippen LogP contribution < -0.4 is 4.72 Å². The Morgan fingerprint density at radius 2 is 1.55 bits per heavy atom. The monoisotopic (exact) mass is 442 g/mol. The minimum absolute atomic E-state index is 0.0535. The van der Waals surface area contributed by atoms with Crippen LogP contribution in [-0.2, 0) is 16.6 Å². The fourth-order valence-corrected chi connectivity index (χ4v) is 5.29. The molecule has 4 rings (SSSR count). The smallest absolute Gasteiger partial charge is 0.247 e. The summed E-state index contributed by atoms with van der Waals surface area (Å²) in [7, 11) is -4.30. The topological polar surface area (TPSA) is 83.6 Å². The van der Waals surface area contributed by atoms with Gasteiger partial charge < -0.3 is 4.90 Å². The van der Waals surface area contributed by atoms with Crippen LogP contribution in [0.4, 0.5) is 4.39 Å². The van der Waals surface area contributed by atoms with Gasteiger partial charge in [0.2, 0.25) is 21.6 Å². The molecule has 0 atom stereocenters. The number of halogens is 1. The number of ketones is 2. The Bertz CT molecular complexity index is 1160. The average Bonchev–Trinajstić information content (AvgIpc) is 2.76. The molecule has 2 aromatic carbocycles. The molecule has 0 unspecified atom stereocenters. The van der Waals surface area contributed by atoms with Gasteiger partial charge in [0.1, 0.15) is 11.5 Å². The summed E-state index contributed by atoms with van der Waals surface area (Å²) < 4.78 is 42.1. The Morgan fingerprint density at radius 3 is 2.16 bits per heavy atom. The molecule has 0 saturated carbocycles. The number of allylic oxidation sites excluding steroid dienone is 2. The molecule has 6 nitrogen and oxygen atoms in total. The van der Waals surface area contributed by atoms with E-state index in [1.54, 1.807) is 23.1 Å². The normalized spacial score (nSPS) is 17.8. The van der Waals surface area contributed by atoms with E-state index in [0.717, 1.165) is 12.8 Å². The predicted octanol–water partition coefficient (Wildman–Crippen LogP) is 3.27. The number of benzene rings is 2. The Labute approximate surface area is 180 Å². The number of carbonyl (C=O) groups excluding carboxylic acids is 2. The Kier molecular flexibility index (Phi) is 5.77. The van der Waals surface area contributed by atoms with Gasteiger partial charge in [0.15, 0.2) is 4.91 Å². The van der Waals surface area contributed by atoms with Crippen molar-refractivity contribution in [2.24, 2.45) is 5.92 Å². The molecule has 1 N–H and O–H groups in total. The van der Waals surface area contributed by atoms with Crippen LogP contribution in [0.1, 0.15) is 46.0 Å². The van der Waals surface area contributed by atoms with Gasteiger partial charge in [0.25, 0.3) is 0 Å². The van der Waals surface area contributed by atoms with E-state index in [1.807, 2.05) is 0 Å². The number of nitrogens with one attached hydrogen (secondary N) is 1. The van der Waals surface area contributed by atoms with Crippen molar-refractivity contribution in [3.63, 3.8) is 0 Å². The van der Waals surface area contributed by atoms with E-state index in [4.69, 9.17) is 0 Å². The summed E-state index contributed by atoms with van der Waals surface area (Å²) in [5.74, 6) is -1.10. The van der Waals surface area contributed by atoms with Crippen molar-refractivity contribution in [3.8, 4) is 0 Å². The van der Waals surface area contributed by atoms with E-state index in [1.165, 1.54) is 30.3 Å². The van der Waals surface area contributed by atoms with Gasteiger partial charge in [-0.25, -0.2) is 17.5 Å². The van der Waals surface area contributed by atoms with E-state index in [0.29, 0.717) is 24.6 Å². The quantitative estimate of drug-likeness (QED) is 0.769. The SMILES string of the molecule is CC1CCN(C2=C(S(=O)(=O)NCc3ccc(F)cc3)C(=O)c3ccccc3C2=O)CC1. The number of fused-ring (bicyclic) bond motifs is 1. The molecule has 8 heteroatoms. The summed E-state index contributed by atoms with van der Waals surface area (Å²) >= 11 is 0. The highest BCUT2D eigenvalue weighted by Gasteiger charge is 2.41. The molecule has 162 valence electrons. The second-order valence-electron chi connectivity index (χ2n) is 8.00. The molecule has 0 bridgehead atoms. The molecular weight excluding hydrogens is 419 g/mol. The molecule has 1 fully saturated rings. The van der Waals surface area contributed by atoms with E-state index in [2.05, 4.69) is 11.6 Å². The number of Topliss-reactive ketones (excluding diaryl/α,β-unsaturated/α-hetero) is 2. The summed E-state index contributed by atoms with van der Waals surface area (Å²) in [6.45, 7) is 3.00. The zero-order valence-corrected chi connectivity index (χ0v) is 17.9. The number of hydrogen-bond acceptors (Lipinski definition) is 5. The molecule has 1 aliphatic carbocycles. The maximum Gasteiger partial charge on any atom is 0.247 e. The number of rotatable bonds is 5. The van der Waals surface area contributed by atoms with Crippen LogP contribution in [0, 0.1) is 11.7 Å². The van der Waals surface area contributed by atoms with Crippen molar-refractivity contribution in [2.75, 3.05) is 13.1 Å². The maximum absolute atomic E-state index is 13.3. The van der Waals surface area contributed by atoms with Gasteiger partial charge in [0.05, 0.1) is 0 Å². The van der Waals surface area contributed by atoms with Crippen molar-refractivity contribution in [1.82, 2.24) is 9.62 Å². The minimum Gasteiger partial charge on any atom is -0.367 e. The van der Waals surface area contributed by atoms with Gasteiger partial charge in [-0.05, 0) is 36.5 Å². The van der Waals surface area contributed by atoms with Crippen molar-refractivity contribution in [1.29, 1.82) is 0 Å². The van der Waals surface area contributed by atoms with Crippen LogP contribution in [0.25, 0.3) is 0 Å². The number of piperidine rings is 1. The lowest BCUT2D eigenvalue weighted by atomic mass is 9.90. The van der Waals surface area contributed by atoms with Gasteiger partial charge in [0, 0.05) is 30.8 Å². The first-order valence-corrected chi connectivity index (χ1v) is 11.7. The maximum atomic E-state index is 13.3. The third-order valence-corrected chi connectivity index (χ3v) is 7.24. The highest BCUT2D eigenvalue weighted by atomic mass is 32.2. The molecule has 0 radical (unpaired) electrons. The fraction of sp³-hybridized carbons (Fsp3) is 0.304. The molecule has 1 aliphatic heterocycles. The fourth-order valence-electron chi connectivity index (χ4n) is 3.96. The van der Waals surface area contributed by atoms with Gasteiger partial charge in [-0.3, -0.25) is 9.59 Å². The van der Waals surface area contributed by atoms with Crippen LogP contribution >= 0.6 is 0 Å². The lowest BCUT2D eigenvalue weighted by Crippen LogP contribution is -2.42. The van der Waals surface area contributed by atoms with Gasteiger partial charge in [-0.2, -0.15) is 0 Å². The largest absolute Gasteiger partial charge is 0.367 e. The average molecular weight is 443 g/mol. The molecule has 31 heavy (non-hydrogen) atoms. The standard InChI is InChI=1S/C23H23FN2O4S/c1-15-10-12-26(13-11-15)20-21(27)18-4-2-3-5-19(18)22(28)23(20)31(29,30)25-14-16-6-8-17(24)9-7-16/h2-9,15,25H,10-14H2,1H3. The summed E-state index contributed by atoms with van der Waals surface area (Å²) in [6, 6.07) is 11.7. The van der Waals surface area contributed by atoms with Gasteiger partial charge in [-0.15, -0.1) is 0 Å². The van der Waals surface area contributed by atoms with Crippen LogP contribution in [0.2, 0.25) is 0 Å². The lowest BCUT2D eigenvalue weighted by molar-refractivity contribution is 0.0932. The summed E-state index contributed by atoms with van der Waals surface area (Å²) in [4.78, 5) is 27.8. The highest BCUT2D eigenvalue weighted by molar-refractivity contribution is 7.94. The Balaban J connectivity index is 1.75. The van der Waals surface area contributed by atoms with E-state index >= 15 is 0 Å². The van der Waals surface area contributed by atoms with Crippen LogP contribution in [0.3, 0.4) is 0 Å². The van der Waals surface area contributed by atoms with Crippen molar-refractivity contribution < 1.29 is 22.4 Å².